The van der Waals surface area contributed by atoms with Gasteiger partial charge in [0.15, 0.2) is 0 Å². The highest BCUT2D eigenvalue weighted by atomic mass is 19.4. The SMILES string of the molecule is NCCc1nccn1-c1ccc(C(F)(F)F)cc1F. The van der Waals surface area contributed by atoms with Gasteiger partial charge in [-0.1, -0.05) is 0 Å². The number of imidazole rings is 1. The van der Waals surface area contributed by atoms with Crippen LogP contribution < -0.4 is 5.73 Å². The van der Waals surface area contributed by atoms with Gasteiger partial charge in [0.05, 0.1) is 11.3 Å². The largest absolute Gasteiger partial charge is 0.416 e. The topological polar surface area (TPSA) is 43.8 Å². The lowest BCUT2D eigenvalue weighted by Crippen LogP contribution is -2.11. The number of nitrogens with zero attached hydrogens (tertiary/aromatic N) is 2. The third kappa shape index (κ3) is 2.76. The van der Waals surface area contributed by atoms with E-state index in [1.54, 1.807) is 0 Å². The minimum absolute atomic E-state index is 0.0222. The van der Waals surface area contributed by atoms with Gasteiger partial charge < -0.3 is 10.3 Å². The first kappa shape index (κ1) is 13.5. The predicted octanol–water partition coefficient (Wildman–Crippen LogP) is 2.53. The smallest absolute Gasteiger partial charge is 0.330 e. The minimum atomic E-state index is -4.56. The fourth-order valence-electron chi connectivity index (χ4n) is 1.75. The summed E-state index contributed by atoms with van der Waals surface area (Å²) in [6, 6.07) is 2.39. The molecule has 3 nitrogen and oxygen atoms in total. The number of alkyl halides is 3. The van der Waals surface area contributed by atoms with Crippen LogP contribution in [-0.2, 0) is 12.6 Å². The van der Waals surface area contributed by atoms with E-state index in [9.17, 15) is 17.6 Å². The number of aromatic nitrogens is 2. The highest BCUT2D eigenvalue weighted by Crippen LogP contribution is 2.31. The molecule has 0 fully saturated rings. The molecule has 19 heavy (non-hydrogen) atoms. The summed E-state index contributed by atoms with van der Waals surface area (Å²) in [5.41, 5.74) is 4.39. The molecule has 0 spiro atoms. The maximum Gasteiger partial charge on any atom is 0.416 e. The quantitative estimate of drug-likeness (QED) is 0.873. The standard InChI is InChI=1S/C12H11F4N3/c13-9-7-8(12(14,15)16)1-2-10(9)19-6-5-18-11(19)3-4-17/h1-2,5-7H,3-4,17H2. The van der Waals surface area contributed by atoms with Crippen LogP contribution in [0.1, 0.15) is 11.4 Å². The number of benzene rings is 1. The Morgan fingerprint density at radius 3 is 2.58 bits per heavy atom. The molecular formula is C12H11F4N3. The van der Waals surface area contributed by atoms with Crippen molar-refractivity contribution in [2.24, 2.45) is 5.73 Å². The monoisotopic (exact) mass is 273 g/mol. The van der Waals surface area contributed by atoms with Crippen LogP contribution >= 0.6 is 0 Å². The molecule has 1 heterocycles. The van der Waals surface area contributed by atoms with Crippen molar-refractivity contribution in [1.29, 1.82) is 0 Å². The van der Waals surface area contributed by atoms with Crippen LogP contribution in [0, 0.1) is 5.82 Å². The van der Waals surface area contributed by atoms with Gasteiger partial charge in [0, 0.05) is 18.8 Å². The minimum Gasteiger partial charge on any atom is -0.330 e. The van der Waals surface area contributed by atoms with Crippen molar-refractivity contribution in [1.82, 2.24) is 9.55 Å². The zero-order valence-electron chi connectivity index (χ0n) is 9.78. The Hall–Kier alpha value is -1.89. The van der Waals surface area contributed by atoms with Crippen LogP contribution in [0.15, 0.2) is 30.6 Å². The second-order valence-corrected chi connectivity index (χ2v) is 3.92. The van der Waals surface area contributed by atoms with Gasteiger partial charge in [0.2, 0.25) is 0 Å². The Bertz CT molecular complexity index is 575. The molecule has 1 aromatic heterocycles. The second kappa shape index (κ2) is 5.00. The first-order chi connectivity index (χ1) is 8.93. The van der Waals surface area contributed by atoms with Crippen molar-refractivity contribution in [2.75, 3.05) is 6.54 Å². The second-order valence-electron chi connectivity index (χ2n) is 3.92. The van der Waals surface area contributed by atoms with Crippen LogP contribution in [0.3, 0.4) is 0 Å². The molecule has 0 saturated heterocycles. The molecule has 7 heteroatoms. The maximum atomic E-state index is 13.8. The number of hydrogen-bond donors (Lipinski definition) is 1. The van der Waals surface area contributed by atoms with E-state index in [4.69, 9.17) is 5.73 Å². The third-order valence-corrected chi connectivity index (χ3v) is 2.62. The normalized spacial score (nSPS) is 11.8. The Morgan fingerprint density at radius 1 is 1.26 bits per heavy atom. The van der Waals surface area contributed by atoms with Gasteiger partial charge >= 0.3 is 6.18 Å². The Labute approximate surface area is 106 Å². The average Bonchev–Trinajstić information content (AvgIpc) is 2.76. The van der Waals surface area contributed by atoms with Gasteiger partial charge in [-0.05, 0) is 24.7 Å². The summed E-state index contributed by atoms with van der Waals surface area (Å²) in [5.74, 6) is -0.452. The summed E-state index contributed by atoms with van der Waals surface area (Å²) < 4.78 is 52.5. The van der Waals surface area contributed by atoms with Crippen LogP contribution in [0.4, 0.5) is 17.6 Å². The first-order valence-electron chi connectivity index (χ1n) is 5.53. The van der Waals surface area contributed by atoms with Crippen LogP contribution in [-0.4, -0.2) is 16.1 Å². The molecule has 0 amide bonds. The van der Waals surface area contributed by atoms with E-state index in [2.05, 4.69) is 4.98 Å². The fourth-order valence-corrected chi connectivity index (χ4v) is 1.75. The number of hydrogen-bond acceptors (Lipinski definition) is 2. The molecule has 2 rings (SSSR count). The van der Waals surface area contributed by atoms with Gasteiger partial charge in [-0.25, -0.2) is 9.37 Å². The molecule has 1 aromatic carbocycles. The molecule has 0 unspecified atom stereocenters. The third-order valence-electron chi connectivity index (χ3n) is 2.62. The zero-order chi connectivity index (χ0) is 14.0. The summed E-state index contributed by atoms with van der Waals surface area (Å²) >= 11 is 0. The van der Waals surface area contributed by atoms with E-state index in [0.717, 1.165) is 12.1 Å². The number of nitrogens with two attached hydrogens (primary N) is 1. The Morgan fingerprint density at radius 2 is 2.00 bits per heavy atom. The number of rotatable bonds is 3. The lowest BCUT2D eigenvalue weighted by Gasteiger charge is -2.11. The van der Waals surface area contributed by atoms with E-state index < -0.39 is 17.6 Å². The van der Waals surface area contributed by atoms with Crippen LogP contribution in [0.25, 0.3) is 5.69 Å². The fraction of sp³-hybridized carbons (Fsp3) is 0.250. The molecule has 102 valence electrons. The molecular weight excluding hydrogens is 262 g/mol. The van der Waals surface area contributed by atoms with Crippen molar-refractivity contribution in [3.8, 4) is 5.69 Å². The van der Waals surface area contributed by atoms with E-state index >= 15 is 0 Å². The van der Waals surface area contributed by atoms with Gasteiger partial charge in [-0.3, -0.25) is 0 Å². The molecule has 2 N–H and O–H groups in total. The predicted molar refractivity (Wildman–Crippen MR) is 61.3 cm³/mol. The Balaban J connectivity index is 2.44. The zero-order valence-corrected chi connectivity index (χ0v) is 9.78. The molecule has 0 saturated carbocycles. The molecule has 0 radical (unpaired) electrons. The summed E-state index contributed by atoms with van der Waals surface area (Å²) in [6.45, 7) is 0.319. The lowest BCUT2D eigenvalue weighted by atomic mass is 10.2. The van der Waals surface area contributed by atoms with Crippen molar-refractivity contribution < 1.29 is 17.6 Å². The van der Waals surface area contributed by atoms with E-state index in [1.807, 2.05) is 0 Å². The summed E-state index contributed by atoms with van der Waals surface area (Å²) in [5, 5.41) is 0. The van der Waals surface area contributed by atoms with Crippen molar-refractivity contribution in [3.05, 3.63) is 47.8 Å². The van der Waals surface area contributed by atoms with E-state index in [0.29, 0.717) is 24.9 Å². The van der Waals surface area contributed by atoms with E-state index in [1.165, 1.54) is 17.0 Å². The van der Waals surface area contributed by atoms with Gasteiger partial charge in [-0.2, -0.15) is 13.2 Å². The first-order valence-corrected chi connectivity index (χ1v) is 5.53. The molecule has 2 aromatic rings. The van der Waals surface area contributed by atoms with Gasteiger partial charge in [0.25, 0.3) is 0 Å². The van der Waals surface area contributed by atoms with Gasteiger partial charge in [0.1, 0.15) is 11.6 Å². The Kier molecular flexibility index (Phi) is 3.57. The number of halogens is 4. The van der Waals surface area contributed by atoms with Crippen molar-refractivity contribution in [2.45, 2.75) is 12.6 Å². The van der Waals surface area contributed by atoms with Crippen LogP contribution in [0.2, 0.25) is 0 Å². The van der Waals surface area contributed by atoms with E-state index in [-0.39, 0.29) is 5.69 Å². The van der Waals surface area contributed by atoms with Crippen LogP contribution in [0.5, 0.6) is 0 Å². The summed E-state index contributed by atoms with van der Waals surface area (Å²) in [4.78, 5) is 3.99. The summed E-state index contributed by atoms with van der Waals surface area (Å²) in [7, 11) is 0. The molecule has 0 bridgehead atoms. The molecule has 0 aliphatic heterocycles. The average molecular weight is 273 g/mol. The van der Waals surface area contributed by atoms with Crippen molar-refractivity contribution in [3.63, 3.8) is 0 Å². The molecule has 0 aliphatic carbocycles. The highest BCUT2D eigenvalue weighted by Gasteiger charge is 2.31. The molecule has 0 aliphatic rings. The lowest BCUT2D eigenvalue weighted by molar-refractivity contribution is -0.137. The maximum absolute atomic E-state index is 13.8. The molecule has 0 atom stereocenters. The van der Waals surface area contributed by atoms with Crippen molar-refractivity contribution >= 4 is 0 Å². The van der Waals surface area contributed by atoms with Gasteiger partial charge in [-0.15, -0.1) is 0 Å². The summed E-state index contributed by atoms with van der Waals surface area (Å²) in [6.07, 6.45) is -1.22. The highest BCUT2D eigenvalue weighted by molar-refractivity contribution is 5.38.